The lowest BCUT2D eigenvalue weighted by atomic mass is 9.75. The Morgan fingerprint density at radius 1 is 0.594 bits per heavy atom. The molecule has 32 heavy (non-hydrogen) atoms. The summed E-state index contributed by atoms with van der Waals surface area (Å²) in [5, 5.41) is 5.02. The molecule has 0 amide bonds. The van der Waals surface area contributed by atoms with E-state index in [2.05, 4.69) is 108 Å². The van der Waals surface area contributed by atoms with Crippen molar-refractivity contribution in [3.05, 3.63) is 77.9 Å². The Morgan fingerprint density at radius 2 is 1.31 bits per heavy atom. The molecule has 4 aromatic carbocycles. The number of fused-ring (bicyclic) bond motifs is 6. The number of hydrogen-bond acceptors (Lipinski definition) is 2. The molecule has 4 aromatic rings. The fourth-order valence-corrected chi connectivity index (χ4v) is 5.49. The summed E-state index contributed by atoms with van der Waals surface area (Å²) in [7, 11) is -0.365. The maximum Gasteiger partial charge on any atom is 0.495 e. The van der Waals surface area contributed by atoms with Gasteiger partial charge in [-0.25, -0.2) is 0 Å². The van der Waals surface area contributed by atoms with Gasteiger partial charge in [-0.2, -0.15) is 0 Å². The highest BCUT2D eigenvalue weighted by Crippen LogP contribution is 2.50. The van der Waals surface area contributed by atoms with E-state index in [4.69, 9.17) is 9.31 Å². The minimum atomic E-state index is -0.365. The number of hydrogen-bond donors (Lipinski definition) is 0. The molecule has 2 nitrogen and oxygen atoms in total. The van der Waals surface area contributed by atoms with E-state index in [1.165, 1.54) is 43.8 Å². The molecule has 0 bridgehead atoms. The highest BCUT2D eigenvalue weighted by atomic mass is 16.7. The molecule has 1 aliphatic heterocycles. The van der Waals surface area contributed by atoms with Gasteiger partial charge in [0.25, 0.3) is 0 Å². The Balaban J connectivity index is 1.57. The molecule has 160 valence electrons. The van der Waals surface area contributed by atoms with Gasteiger partial charge in [-0.1, -0.05) is 68.4 Å². The molecule has 1 fully saturated rings. The van der Waals surface area contributed by atoms with Gasteiger partial charge in [-0.05, 0) is 89.1 Å². The Labute approximate surface area is 190 Å². The zero-order valence-electron chi connectivity index (χ0n) is 19.7. The van der Waals surface area contributed by atoms with E-state index in [1.54, 1.807) is 0 Å². The summed E-state index contributed by atoms with van der Waals surface area (Å²) in [6, 6.07) is 24.6. The topological polar surface area (TPSA) is 18.5 Å². The third kappa shape index (κ3) is 2.55. The highest BCUT2D eigenvalue weighted by molar-refractivity contribution is 6.65. The van der Waals surface area contributed by atoms with Crippen LogP contribution in [-0.4, -0.2) is 18.3 Å². The normalized spacial score (nSPS) is 20.0. The maximum absolute atomic E-state index is 6.40. The fourth-order valence-electron chi connectivity index (χ4n) is 5.49. The number of rotatable bonds is 1. The first-order valence-corrected chi connectivity index (χ1v) is 11.6. The van der Waals surface area contributed by atoms with E-state index in [0.29, 0.717) is 0 Å². The van der Waals surface area contributed by atoms with Crippen LogP contribution < -0.4 is 5.46 Å². The Bertz CT molecular complexity index is 1400. The first-order chi connectivity index (χ1) is 15.1. The highest BCUT2D eigenvalue weighted by Gasteiger charge is 2.52. The average Bonchev–Trinajstić information content (AvgIpc) is 3.11. The van der Waals surface area contributed by atoms with Gasteiger partial charge < -0.3 is 9.31 Å². The molecule has 0 atom stereocenters. The van der Waals surface area contributed by atoms with Crippen LogP contribution in [0.15, 0.2) is 66.7 Å². The molecule has 6 rings (SSSR count). The zero-order chi connectivity index (χ0) is 22.5. The summed E-state index contributed by atoms with van der Waals surface area (Å²) in [5.74, 6) is 0. The lowest BCUT2D eigenvalue weighted by Gasteiger charge is -2.32. The summed E-state index contributed by atoms with van der Waals surface area (Å²) in [6.07, 6.45) is 0. The van der Waals surface area contributed by atoms with Crippen LogP contribution in [-0.2, 0) is 14.7 Å². The molecular weight excluding hydrogens is 391 g/mol. The second-order valence-corrected chi connectivity index (χ2v) is 10.9. The molecule has 0 unspecified atom stereocenters. The molecule has 1 saturated heterocycles. The van der Waals surface area contributed by atoms with Crippen LogP contribution in [0.5, 0.6) is 0 Å². The third-order valence-corrected chi connectivity index (χ3v) is 8.12. The molecular formula is C29H29BO2. The van der Waals surface area contributed by atoms with E-state index in [9.17, 15) is 0 Å². The summed E-state index contributed by atoms with van der Waals surface area (Å²) in [4.78, 5) is 0. The van der Waals surface area contributed by atoms with Crippen molar-refractivity contribution in [3.63, 3.8) is 0 Å². The van der Waals surface area contributed by atoms with Crippen LogP contribution in [0.3, 0.4) is 0 Å². The largest absolute Gasteiger partial charge is 0.495 e. The summed E-state index contributed by atoms with van der Waals surface area (Å²) in [6.45, 7) is 13.1. The van der Waals surface area contributed by atoms with Crippen LogP contribution in [0, 0.1) is 0 Å². The molecule has 0 radical (unpaired) electrons. The van der Waals surface area contributed by atoms with Gasteiger partial charge in [0.2, 0.25) is 0 Å². The van der Waals surface area contributed by atoms with Gasteiger partial charge in [0.1, 0.15) is 0 Å². The van der Waals surface area contributed by atoms with Crippen molar-refractivity contribution < 1.29 is 9.31 Å². The lowest BCUT2D eigenvalue weighted by molar-refractivity contribution is 0.00578. The van der Waals surface area contributed by atoms with E-state index < -0.39 is 0 Å². The van der Waals surface area contributed by atoms with Crippen molar-refractivity contribution in [2.24, 2.45) is 0 Å². The van der Waals surface area contributed by atoms with Gasteiger partial charge >= 0.3 is 7.12 Å². The second kappa shape index (κ2) is 6.24. The molecule has 3 heteroatoms. The van der Waals surface area contributed by atoms with Gasteiger partial charge in [0.05, 0.1) is 11.2 Å². The van der Waals surface area contributed by atoms with E-state index in [-0.39, 0.29) is 23.7 Å². The van der Waals surface area contributed by atoms with Crippen molar-refractivity contribution >= 4 is 34.1 Å². The first kappa shape index (κ1) is 20.0. The molecule has 0 saturated carbocycles. The second-order valence-electron chi connectivity index (χ2n) is 10.9. The van der Waals surface area contributed by atoms with Crippen LogP contribution in [0.1, 0.15) is 52.7 Å². The SMILES string of the molecule is CC1(C)c2ccccc2-c2cc3ccc4c(B5OC(C)(C)C(C)(C)O5)cccc4c3cc21. The van der Waals surface area contributed by atoms with Crippen LogP contribution in [0.4, 0.5) is 0 Å². The van der Waals surface area contributed by atoms with Crippen molar-refractivity contribution in [2.75, 3.05) is 0 Å². The third-order valence-electron chi connectivity index (χ3n) is 8.12. The Kier molecular flexibility index (Phi) is 3.91. The summed E-state index contributed by atoms with van der Waals surface area (Å²) < 4.78 is 12.8. The zero-order valence-corrected chi connectivity index (χ0v) is 19.7. The minimum absolute atomic E-state index is 0.00832. The van der Waals surface area contributed by atoms with Crippen LogP contribution >= 0.6 is 0 Å². The van der Waals surface area contributed by atoms with Crippen molar-refractivity contribution in [1.29, 1.82) is 0 Å². The summed E-state index contributed by atoms with van der Waals surface area (Å²) >= 11 is 0. The lowest BCUT2D eigenvalue weighted by Crippen LogP contribution is -2.41. The predicted molar refractivity (Wildman–Crippen MR) is 135 cm³/mol. The standard InChI is InChI=1S/C29H29BO2/c1-27(2)24-12-8-7-10-20(24)23-16-18-14-15-21-19(22(18)17-25(23)27)11-9-13-26(21)30-31-28(3,4)29(5,6)32-30/h7-17H,1-6H3. The van der Waals surface area contributed by atoms with Gasteiger partial charge in [0, 0.05) is 5.41 Å². The smallest absolute Gasteiger partial charge is 0.399 e. The molecule has 1 heterocycles. The van der Waals surface area contributed by atoms with E-state index >= 15 is 0 Å². The van der Waals surface area contributed by atoms with Crippen molar-refractivity contribution in [3.8, 4) is 11.1 Å². The van der Waals surface area contributed by atoms with Crippen LogP contribution in [0.25, 0.3) is 32.7 Å². The van der Waals surface area contributed by atoms with Gasteiger partial charge in [-0.15, -0.1) is 0 Å². The maximum atomic E-state index is 6.40. The minimum Gasteiger partial charge on any atom is -0.399 e. The Hall–Kier alpha value is -2.62. The quantitative estimate of drug-likeness (QED) is 0.255. The van der Waals surface area contributed by atoms with Gasteiger partial charge in [0.15, 0.2) is 0 Å². The average molecular weight is 420 g/mol. The van der Waals surface area contributed by atoms with E-state index in [0.717, 1.165) is 5.46 Å². The monoisotopic (exact) mass is 420 g/mol. The van der Waals surface area contributed by atoms with Crippen LogP contribution in [0.2, 0.25) is 0 Å². The molecule has 0 spiro atoms. The first-order valence-electron chi connectivity index (χ1n) is 11.6. The molecule has 0 N–H and O–H groups in total. The predicted octanol–water partition coefficient (Wildman–Crippen LogP) is 6.60. The molecule has 1 aliphatic carbocycles. The summed E-state index contributed by atoms with van der Waals surface area (Å²) in [5.41, 5.74) is 5.92. The van der Waals surface area contributed by atoms with Gasteiger partial charge in [-0.3, -0.25) is 0 Å². The van der Waals surface area contributed by atoms with Crippen molar-refractivity contribution in [2.45, 2.75) is 58.2 Å². The molecule has 2 aliphatic rings. The molecule has 0 aromatic heterocycles. The fraction of sp³-hybridized carbons (Fsp3) is 0.310. The Morgan fingerprint density at radius 3 is 2.06 bits per heavy atom. The number of benzene rings is 4. The van der Waals surface area contributed by atoms with Crippen molar-refractivity contribution in [1.82, 2.24) is 0 Å². The van der Waals surface area contributed by atoms with E-state index in [1.807, 2.05) is 0 Å².